The third kappa shape index (κ3) is 1.91. The highest BCUT2D eigenvalue weighted by Crippen LogP contribution is 2.32. The number of imidazole rings is 1. The van der Waals surface area contributed by atoms with Crippen LogP contribution in [0.15, 0.2) is 23.3 Å². The number of fused-ring (bicyclic) bond motifs is 1. The summed E-state index contributed by atoms with van der Waals surface area (Å²) in [7, 11) is 0. The van der Waals surface area contributed by atoms with Crippen LogP contribution in [0, 0.1) is 6.92 Å². The van der Waals surface area contributed by atoms with Crippen molar-refractivity contribution >= 4 is 23.7 Å². The van der Waals surface area contributed by atoms with E-state index in [9.17, 15) is 5.11 Å². The highest BCUT2D eigenvalue weighted by Gasteiger charge is 2.17. The van der Waals surface area contributed by atoms with Crippen molar-refractivity contribution in [1.82, 2.24) is 14.5 Å². The summed E-state index contributed by atoms with van der Waals surface area (Å²) >= 11 is 0. The van der Waals surface area contributed by atoms with Crippen molar-refractivity contribution < 1.29 is 5.11 Å². The molecule has 2 aromatic rings. The van der Waals surface area contributed by atoms with E-state index in [4.69, 9.17) is 0 Å². The van der Waals surface area contributed by atoms with E-state index in [0.717, 1.165) is 17.0 Å². The zero-order valence-electron chi connectivity index (χ0n) is 11.7. The number of aromatic nitrogens is 3. The maximum absolute atomic E-state index is 10.3. The Bertz CT molecular complexity index is 725. The molecule has 1 aliphatic rings. The summed E-state index contributed by atoms with van der Waals surface area (Å²) in [5.74, 6) is 1.69. The zero-order chi connectivity index (χ0) is 14.3. The summed E-state index contributed by atoms with van der Waals surface area (Å²) in [6.07, 6.45) is 5.31. The fraction of sp³-hybridized carbons (Fsp3) is 0.267. The van der Waals surface area contributed by atoms with Crippen molar-refractivity contribution in [2.75, 3.05) is 0 Å². The molecule has 0 radical (unpaired) electrons. The number of pyridine rings is 1. The average molecular weight is 268 g/mol. The lowest BCUT2D eigenvalue weighted by atomic mass is 10.1. The molecular formula is C15H16N4O. The Kier molecular flexibility index (Phi) is 2.89. The Morgan fingerprint density at radius 3 is 2.85 bits per heavy atom. The van der Waals surface area contributed by atoms with Crippen molar-refractivity contribution in [2.45, 2.75) is 26.8 Å². The van der Waals surface area contributed by atoms with E-state index in [1.165, 1.54) is 0 Å². The smallest absolute Gasteiger partial charge is 0.219 e. The fourth-order valence-corrected chi connectivity index (χ4v) is 2.46. The SMILES string of the molecule is Cc1nc(C=C2C=Nc3ncccc32)c(O)n1C(C)C. The quantitative estimate of drug-likeness (QED) is 0.910. The maximum Gasteiger partial charge on any atom is 0.219 e. The largest absolute Gasteiger partial charge is 0.493 e. The molecule has 5 nitrogen and oxygen atoms in total. The molecule has 0 fully saturated rings. The number of aryl methyl sites for hydroxylation is 1. The number of nitrogens with zero attached hydrogens (tertiary/aromatic N) is 4. The number of hydrogen-bond donors (Lipinski definition) is 1. The number of aliphatic imine (C=N–C) groups is 1. The molecule has 1 aliphatic heterocycles. The van der Waals surface area contributed by atoms with Gasteiger partial charge in [-0.05, 0) is 39.0 Å². The molecule has 1 N–H and O–H groups in total. The predicted octanol–water partition coefficient (Wildman–Crippen LogP) is 3.13. The van der Waals surface area contributed by atoms with Gasteiger partial charge in [0.2, 0.25) is 5.88 Å². The van der Waals surface area contributed by atoms with Gasteiger partial charge < -0.3 is 5.11 Å². The maximum atomic E-state index is 10.3. The van der Waals surface area contributed by atoms with Crippen LogP contribution in [0.1, 0.15) is 37.0 Å². The summed E-state index contributed by atoms with van der Waals surface area (Å²) in [5, 5.41) is 10.3. The first-order valence-corrected chi connectivity index (χ1v) is 6.57. The zero-order valence-corrected chi connectivity index (χ0v) is 11.7. The van der Waals surface area contributed by atoms with Crippen molar-refractivity contribution in [3.05, 3.63) is 35.4 Å². The average Bonchev–Trinajstić information content (AvgIpc) is 2.93. The van der Waals surface area contributed by atoms with Crippen molar-refractivity contribution in [2.24, 2.45) is 4.99 Å². The van der Waals surface area contributed by atoms with E-state index in [0.29, 0.717) is 11.5 Å². The molecule has 20 heavy (non-hydrogen) atoms. The van der Waals surface area contributed by atoms with Gasteiger partial charge in [-0.15, -0.1) is 0 Å². The summed E-state index contributed by atoms with van der Waals surface area (Å²) in [5.41, 5.74) is 2.44. The van der Waals surface area contributed by atoms with Crippen LogP contribution in [0.4, 0.5) is 5.82 Å². The first kappa shape index (κ1) is 12.6. The van der Waals surface area contributed by atoms with Gasteiger partial charge in [0.1, 0.15) is 11.5 Å². The van der Waals surface area contributed by atoms with E-state index in [-0.39, 0.29) is 11.9 Å². The third-order valence-corrected chi connectivity index (χ3v) is 3.32. The molecular weight excluding hydrogens is 252 g/mol. The van der Waals surface area contributed by atoms with Gasteiger partial charge >= 0.3 is 0 Å². The second-order valence-corrected chi connectivity index (χ2v) is 5.06. The van der Waals surface area contributed by atoms with E-state index in [1.54, 1.807) is 12.4 Å². The summed E-state index contributed by atoms with van der Waals surface area (Å²) < 4.78 is 1.81. The van der Waals surface area contributed by atoms with Crippen LogP contribution < -0.4 is 0 Å². The van der Waals surface area contributed by atoms with Crippen LogP contribution in [-0.2, 0) is 0 Å². The molecule has 3 heterocycles. The molecule has 0 aromatic carbocycles. The van der Waals surface area contributed by atoms with E-state index < -0.39 is 0 Å². The van der Waals surface area contributed by atoms with Gasteiger partial charge in [0.05, 0.1) is 0 Å². The minimum atomic E-state index is 0.167. The van der Waals surface area contributed by atoms with E-state index in [2.05, 4.69) is 15.0 Å². The molecule has 2 aromatic heterocycles. The number of rotatable bonds is 2. The topological polar surface area (TPSA) is 63.3 Å². The molecule has 102 valence electrons. The van der Waals surface area contributed by atoms with E-state index in [1.807, 2.05) is 43.5 Å². The molecule has 0 atom stereocenters. The second-order valence-electron chi connectivity index (χ2n) is 5.06. The Labute approximate surface area is 117 Å². The first-order chi connectivity index (χ1) is 9.58. The van der Waals surface area contributed by atoms with Gasteiger partial charge in [0, 0.05) is 29.6 Å². The van der Waals surface area contributed by atoms with Gasteiger partial charge in [-0.1, -0.05) is 0 Å². The molecule has 0 bridgehead atoms. The third-order valence-electron chi connectivity index (χ3n) is 3.32. The summed E-state index contributed by atoms with van der Waals surface area (Å²) in [4.78, 5) is 12.9. The molecule has 0 aliphatic carbocycles. The lowest BCUT2D eigenvalue weighted by molar-refractivity contribution is 0.396. The summed E-state index contributed by atoms with van der Waals surface area (Å²) in [6.45, 7) is 5.92. The Morgan fingerprint density at radius 2 is 2.15 bits per heavy atom. The Hall–Kier alpha value is -2.43. The lowest BCUT2D eigenvalue weighted by Crippen LogP contribution is -2.02. The van der Waals surface area contributed by atoms with Crippen LogP contribution in [0.2, 0.25) is 0 Å². The van der Waals surface area contributed by atoms with Crippen LogP contribution >= 0.6 is 0 Å². The number of hydrogen-bond acceptors (Lipinski definition) is 4. The van der Waals surface area contributed by atoms with Crippen LogP contribution in [-0.4, -0.2) is 25.9 Å². The highest BCUT2D eigenvalue weighted by atomic mass is 16.3. The number of allylic oxidation sites excluding steroid dienone is 1. The molecule has 0 amide bonds. The van der Waals surface area contributed by atoms with Crippen molar-refractivity contribution in [3.63, 3.8) is 0 Å². The molecule has 3 rings (SSSR count). The van der Waals surface area contributed by atoms with Crippen LogP contribution in [0.5, 0.6) is 5.88 Å². The van der Waals surface area contributed by atoms with Crippen LogP contribution in [0.3, 0.4) is 0 Å². The van der Waals surface area contributed by atoms with Crippen LogP contribution in [0.25, 0.3) is 11.6 Å². The van der Waals surface area contributed by atoms with Gasteiger partial charge in [-0.25, -0.2) is 15.0 Å². The summed E-state index contributed by atoms with van der Waals surface area (Å²) in [6, 6.07) is 4.00. The Morgan fingerprint density at radius 1 is 1.35 bits per heavy atom. The normalized spacial score (nSPS) is 15.3. The number of aromatic hydroxyl groups is 1. The predicted molar refractivity (Wildman–Crippen MR) is 79.3 cm³/mol. The lowest BCUT2D eigenvalue weighted by Gasteiger charge is -2.09. The standard InChI is InChI=1S/C15H16N4O/c1-9(2)19-10(3)18-13(15(19)20)7-11-8-17-14-12(11)5-4-6-16-14/h4-9,20H,1-3H3. The molecule has 0 saturated carbocycles. The molecule has 0 unspecified atom stereocenters. The van der Waals surface area contributed by atoms with Gasteiger partial charge in [0.25, 0.3) is 0 Å². The molecule has 0 saturated heterocycles. The second kappa shape index (κ2) is 4.59. The molecule has 0 spiro atoms. The van der Waals surface area contributed by atoms with Crippen molar-refractivity contribution in [3.8, 4) is 5.88 Å². The van der Waals surface area contributed by atoms with E-state index >= 15 is 0 Å². The molecule has 5 heteroatoms. The van der Waals surface area contributed by atoms with Gasteiger partial charge in [-0.2, -0.15) is 0 Å². The minimum absolute atomic E-state index is 0.167. The monoisotopic (exact) mass is 268 g/mol. The van der Waals surface area contributed by atoms with Gasteiger partial charge in [0.15, 0.2) is 5.82 Å². The van der Waals surface area contributed by atoms with Crippen molar-refractivity contribution in [1.29, 1.82) is 0 Å². The Balaban J connectivity index is 2.07. The highest BCUT2D eigenvalue weighted by molar-refractivity contribution is 6.20. The van der Waals surface area contributed by atoms with Gasteiger partial charge in [-0.3, -0.25) is 4.57 Å². The fourth-order valence-electron chi connectivity index (χ4n) is 2.46. The first-order valence-electron chi connectivity index (χ1n) is 6.57. The minimum Gasteiger partial charge on any atom is -0.493 e.